The van der Waals surface area contributed by atoms with Gasteiger partial charge in [0.1, 0.15) is 6.61 Å². The summed E-state index contributed by atoms with van der Waals surface area (Å²) >= 11 is 0. The maximum atomic E-state index is 6.04. The third-order valence-electron chi connectivity index (χ3n) is 4.68. The summed E-state index contributed by atoms with van der Waals surface area (Å²) in [6.45, 7) is 5.81. The van der Waals surface area contributed by atoms with Gasteiger partial charge in [0, 0.05) is 32.0 Å². The Balaban J connectivity index is 1.79. The highest BCUT2D eigenvalue weighted by Gasteiger charge is 2.12. The van der Waals surface area contributed by atoms with Crippen LogP contribution in [0.25, 0.3) is 0 Å². The van der Waals surface area contributed by atoms with E-state index in [0.717, 1.165) is 24.6 Å². The Kier molecular flexibility index (Phi) is 11.4. The van der Waals surface area contributed by atoms with Crippen LogP contribution < -0.4 is 15.4 Å². The molecule has 1 aromatic rings. The number of ether oxygens (including phenoxy) is 3. The number of hydrogen-bond donors (Lipinski definition) is 2. The monoisotopic (exact) mass is 392 g/mol. The molecule has 1 heterocycles. The number of rotatable bonds is 11. The summed E-state index contributed by atoms with van der Waals surface area (Å²) < 4.78 is 16.7. The van der Waals surface area contributed by atoms with Gasteiger partial charge in [0.15, 0.2) is 5.96 Å². The van der Waals surface area contributed by atoms with Crippen LogP contribution in [0, 0.1) is 0 Å². The van der Waals surface area contributed by atoms with Crippen LogP contribution >= 0.6 is 0 Å². The predicted molar refractivity (Wildman–Crippen MR) is 112 cm³/mol. The van der Waals surface area contributed by atoms with Gasteiger partial charge < -0.3 is 24.8 Å². The first-order valence-corrected chi connectivity index (χ1v) is 10.5. The second-order valence-corrected chi connectivity index (χ2v) is 6.92. The standard InChI is InChI=1S/C21H36N4O3/c1-3-22-21(24-13-14-27-19-10-6-4-5-7-11-19)25-17-18-9-8-12-23-20(18)28-16-15-26-2/h8-9,12,19H,3-7,10-11,13-17H2,1-2H3,(H2,22,24,25). The number of nitrogens with zero attached hydrogens (tertiary/aromatic N) is 2. The maximum Gasteiger partial charge on any atom is 0.218 e. The summed E-state index contributed by atoms with van der Waals surface area (Å²) in [6, 6.07) is 3.88. The highest BCUT2D eigenvalue weighted by molar-refractivity contribution is 5.79. The third-order valence-corrected chi connectivity index (χ3v) is 4.68. The Morgan fingerprint density at radius 2 is 1.96 bits per heavy atom. The van der Waals surface area contributed by atoms with E-state index in [4.69, 9.17) is 14.2 Å². The Morgan fingerprint density at radius 3 is 2.71 bits per heavy atom. The summed E-state index contributed by atoms with van der Waals surface area (Å²) in [4.78, 5) is 8.96. The molecular weight excluding hydrogens is 356 g/mol. The lowest BCUT2D eigenvalue weighted by Crippen LogP contribution is -2.39. The molecule has 0 bridgehead atoms. The Labute approximate surface area is 169 Å². The second-order valence-electron chi connectivity index (χ2n) is 6.92. The molecule has 0 saturated heterocycles. The summed E-state index contributed by atoms with van der Waals surface area (Å²) in [5, 5.41) is 6.63. The molecule has 1 fully saturated rings. The molecule has 1 aliphatic rings. The van der Waals surface area contributed by atoms with Crippen LogP contribution in [0.2, 0.25) is 0 Å². The second kappa shape index (κ2) is 14.2. The molecule has 0 radical (unpaired) electrons. The minimum absolute atomic E-state index is 0.422. The van der Waals surface area contributed by atoms with Crippen LogP contribution in [0.5, 0.6) is 5.88 Å². The van der Waals surface area contributed by atoms with E-state index in [2.05, 4.69) is 27.5 Å². The summed E-state index contributed by atoms with van der Waals surface area (Å²) in [6.07, 6.45) is 9.82. The van der Waals surface area contributed by atoms with Crippen LogP contribution in [0.15, 0.2) is 23.3 Å². The van der Waals surface area contributed by atoms with Crippen LogP contribution in [0.4, 0.5) is 0 Å². The van der Waals surface area contributed by atoms with Crippen molar-refractivity contribution in [3.05, 3.63) is 23.9 Å². The zero-order valence-electron chi connectivity index (χ0n) is 17.4. The van der Waals surface area contributed by atoms with Crippen molar-refractivity contribution >= 4 is 5.96 Å². The van der Waals surface area contributed by atoms with Crippen molar-refractivity contribution in [3.63, 3.8) is 0 Å². The highest BCUT2D eigenvalue weighted by Crippen LogP contribution is 2.19. The highest BCUT2D eigenvalue weighted by atomic mass is 16.5. The lowest BCUT2D eigenvalue weighted by molar-refractivity contribution is 0.0468. The number of aliphatic imine (C=N–C) groups is 1. The third kappa shape index (κ3) is 8.89. The van der Waals surface area contributed by atoms with Gasteiger partial charge in [-0.05, 0) is 25.8 Å². The zero-order valence-corrected chi connectivity index (χ0v) is 17.4. The van der Waals surface area contributed by atoms with E-state index in [1.807, 2.05) is 12.1 Å². The van der Waals surface area contributed by atoms with E-state index in [1.54, 1.807) is 13.3 Å². The van der Waals surface area contributed by atoms with Crippen molar-refractivity contribution in [2.24, 2.45) is 4.99 Å². The van der Waals surface area contributed by atoms with Crippen molar-refractivity contribution in [1.29, 1.82) is 0 Å². The minimum Gasteiger partial charge on any atom is -0.475 e. The molecular formula is C21H36N4O3. The molecule has 7 nitrogen and oxygen atoms in total. The van der Waals surface area contributed by atoms with E-state index < -0.39 is 0 Å². The molecule has 0 amide bonds. The number of nitrogens with one attached hydrogen (secondary N) is 2. The molecule has 2 rings (SSSR count). The molecule has 0 unspecified atom stereocenters. The molecule has 2 N–H and O–H groups in total. The molecule has 0 aliphatic heterocycles. The van der Waals surface area contributed by atoms with Crippen LogP contribution in [-0.4, -0.2) is 57.1 Å². The first-order chi connectivity index (χ1) is 13.8. The van der Waals surface area contributed by atoms with Gasteiger partial charge in [-0.25, -0.2) is 9.98 Å². The average Bonchev–Trinajstić information content (AvgIpc) is 2.99. The zero-order chi connectivity index (χ0) is 19.9. The van der Waals surface area contributed by atoms with E-state index in [0.29, 0.717) is 38.3 Å². The van der Waals surface area contributed by atoms with Crippen LogP contribution in [0.1, 0.15) is 51.0 Å². The molecule has 0 aromatic carbocycles. The number of hydrogen-bond acceptors (Lipinski definition) is 5. The van der Waals surface area contributed by atoms with Gasteiger partial charge in [-0.2, -0.15) is 0 Å². The van der Waals surface area contributed by atoms with Crippen LogP contribution in [-0.2, 0) is 16.0 Å². The maximum absolute atomic E-state index is 6.04. The van der Waals surface area contributed by atoms with E-state index in [9.17, 15) is 0 Å². The topological polar surface area (TPSA) is 77.0 Å². The van der Waals surface area contributed by atoms with Crippen molar-refractivity contribution in [1.82, 2.24) is 15.6 Å². The molecule has 0 atom stereocenters. The lowest BCUT2D eigenvalue weighted by Gasteiger charge is -2.17. The number of aromatic nitrogens is 1. The smallest absolute Gasteiger partial charge is 0.218 e. The predicted octanol–water partition coefficient (Wildman–Crippen LogP) is 2.90. The molecule has 7 heteroatoms. The van der Waals surface area contributed by atoms with Crippen molar-refractivity contribution in [2.75, 3.05) is 40.0 Å². The molecule has 158 valence electrons. The van der Waals surface area contributed by atoms with Crippen LogP contribution in [0.3, 0.4) is 0 Å². The number of pyridine rings is 1. The van der Waals surface area contributed by atoms with Gasteiger partial charge in [0.2, 0.25) is 5.88 Å². The first-order valence-electron chi connectivity index (χ1n) is 10.5. The fourth-order valence-corrected chi connectivity index (χ4v) is 3.21. The largest absolute Gasteiger partial charge is 0.475 e. The SMILES string of the molecule is CCNC(=NCc1cccnc1OCCOC)NCCOC1CCCCCC1. The van der Waals surface area contributed by atoms with Gasteiger partial charge in [-0.15, -0.1) is 0 Å². The quantitative estimate of drug-likeness (QED) is 0.261. The Hall–Kier alpha value is -1.86. The fraction of sp³-hybridized carbons (Fsp3) is 0.714. The number of guanidine groups is 1. The summed E-state index contributed by atoms with van der Waals surface area (Å²) in [7, 11) is 1.65. The summed E-state index contributed by atoms with van der Waals surface area (Å²) in [5.41, 5.74) is 0.950. The number of methoxy groups -OCH3 is 1. The van der Waals surface area contributed by atoms with E-state index >= 15 is 0 Å². The minimum atomic E-state index is 0.422. The van der Waals surface area contributed by atoms with Crippen molar-refractivity contribution in [3.8, 4) is 5.88 Å². The fourth-order valence-electron chi connectivity index (χ4n) is 3.21. The Bertz CT molecular complexity index is 560. The van der Waals surface area contributed by atoms with Gasteiger partial charge in [0.25, 0.3) is 0 Å². The van der Waals surface area contributed by atoms with E-state index in [1.165, 1.54) is 38.5 Å². The van der Waals surface area contributed by atoms with Gasteiger partial charge in [0.05, 0.1) is 25.9 Å². The molecule has 0 spiro atoms. The first kappa shape index (κ1) is 22.4. The van der Waals surface area contributed by atoms with Crippen molar-refractivity contribution in [2.45, 2.75) is 58.1 Å². The summed E-state index contributed by atoms with van der Waals surface area (Å²) in [5.74, 6) is 1.38. The van der Waals surface area contributed by atoms with Gasteiger partial charge in [-0.1, -0.05) is 31.7 Å². The molecule has 28 heavy (non-hydrogen) atoms. The normalized spacial score (nSPS) is 15.9. The lowest BCUT2D eigenvalue weighted by atomic mass is 10.1. The Morgan fingerprint density at radius 1 is 1.14 bits per heavy atom. The van der Waals surface area contributed by atoms with Gasteiger partial charge >= 0.3 is 0 Å². The van der Waals surface area contributed by atoms with E-state index in [-0.39, 0.29) is 0 Å². The van der Waals surface area contributed by atoms with Crippen molar-refractivity contribution < 1.29 is 14.2 Å². The molecule has 1 aromatic heterocycles. The average molecular weight is 393 g/mol. The molecule has 1 saturated carbocycles. The molecule has 1 aliphatic carbocycles. The van der Waals surface area contributed by atoms with Gasteiger partial charge in [-0.3, -0.25) is 0 Å².